The summed E-state index contributed by atoms with van der Waals surface area (Å²) in [5.74, 6) is -2.23. The number of alkyl halides is 3. The van der Waals surface area contributed by atoms with Gasteiger partial charge in [-0.2, -0.15) is 13.2 Å². The summed E-state index contributed by atoms with van der Waals surface area (Å²) in [6.45, 7) is -0.571. The van der Waals surface area contributed by atoms with E-state index in [1.54, 1.807) is 0 Å². The lowest BCUT2D eigenvalue weighted by Gasteiger charge is -2.24. The van der Waals surface area contributed by atoms with Crippen LogP contribution in [-0.2, 0) is 4.74 Å². The van der Waals surface area contributed by atoms with E-state index < -0.39 is 35.9 Å². The molecule has 8 heteroatoms. The first-order valence-corrected chi connectivity index (χ1v) is 4.02. The highest BCUT2D eigenvalue weighted by Crippen LogP contribution is 2.33. The Balaban J connectivity index is 3.11. The smallest absolute Gasteiger partial charge is 0.421 e. The molecule has 1 aliphatic heterocycles. The average molecular weight is 239 g/mol. The molecule has 0 spiro atoms. The van der Waals surface area contributed by atoms with Gasteiger partial charge in [0.05, 0.1) is 13.7 Å². The highest BCUT2D eigenvalue weighted by molar-refractivity contribution is 5.70. The van der Waals surface area contributed by atoms with Crippen molar-refractivity contribution in [3.05, 3.63) is 23.3 Å². The Labute approximate surface area is 88.0 Å². The number of halogens is 3. The number of allylic oxidation sites excluding steroid dienone is 1. The minimum Gasteiger partial charge on any atom is -0.507 e. The molecule has 0 bridgehead atoms. The Morgan fingerprint density at radius 2 is 2.06 bits per heavy atom. The van der Waals surface area contributed by atoms with E-state index in [9.17, 15) is 18.0 Å². The van der Waals surface area contributed by atoms with E-state index in [4.69, 9.17) is 10.2 Å². The maximum Gasteiger partial charge on any atom is 0.421 e. The van der Waals surface area contributed by atoms with Crippen LogP contribution in [0.15, 0.2) is 23.3 Å². The van der Waals surface area contributed by atoms with Crippen molar-refractivity contribution in [1.82, 2.24) is 4.90 Å². The summed E-state index contributed by atoms with van der Waals surface area (Å²) in [4.78, 5) is 11.5. The molecule has 0 aliphatic carbocycles. The summed E-state index contributed by atoms with van der Waals surface area (Å²) in [6.07, 6.45) is -5.56. The zero-order chi connectivity index (χ0) is 12.5. The van der Waals surface area contributed by atoms with Crippen LogP contribution in [-0.4, -0.2) is 41.0 Å². The highest BCUT2D eigenvalue weighted by Gasteiger charge is 2.41. The number of ether oxygens (including phenoxy) is 1. The number of hydrogen-bond donors (Lipinski definition) is 2. The van der Waals surface area contributed by atoms with Crippen LogP contribution in [0.5, 0.6) is 0 Å². The first kappa shape index (κ1) is 12.2. The topological polar surface area (TPSA) is 70.0 Å². The van der Waals surface area contributed by atoms with Crippen molar-refractivity contribution >= 4 is 6.09 Å². The molecule has 1 aliphatic rings. The fourth-order valence-electron chi connectivity index (χ4n) is 1.10. The van der Waals surface area contributed by atoms with Gasteiger partial charge in [0.25, 0.3) is 0 Å². The van der Waals surface area contributed by atoms with Gasteiger partial charge in [-0.05, 0) is 0 Å². The van der Waals surface area contributed by atoms with Gasteiger partial charge in [-0.15, -0.1) is 0 Å². The zero-order valence-electron chi connectivity index (χ0n) is 8.08. The van der Waals surface area contributed by atoms with Gasteiger partial charge < -0.3 is 14.9 Å². The molecule has 1 rings (SSSR count). The largest absolute Gasteiger partial charge is 0.507 e. The van der Waals surface area contributed by atoms with E-state index in [0.717, 1.165) is 7.11 Å². The van der Waals surface area contributed by atoms with Crippen LogP contribution in [0.25, 0.3) is 0 Å². The summed E-state index contributed by atoms with van der Waals surface area (Å²) >= 11 is 0. The van der Waals surface area contributed by atoms with Crippen LogP contribution in [0.4, 0.5) is 18.0 Å². The zero-order valence-corrected chi connectivity index (χ0v) is 8.08. The van der Waals surface area contributed by atoms with Crippen LogP contribution in [0, 0.1) is 0 Å². The van der Waals surface area contributed by atoms with E-state index in [-0.39, 0.29) is 0 Å². The normalized spacial score (nSPS) is 17.2. The molecular formula is C8H8F3NO4. The molecule has 0 aromatic rings. The van der Waals surface area contributed by atoms with Crippen LogP contribution in [0.1, 0.15) is 0 Å². The van der Waals surface area contributed by atoms with Gasteiger partial charge in [-0.25, -0.2) is 4.79 Å². The van der Waals surface area contributed by atoms with Crippen LogP contribution in [0.3, 0.4) is 0 Å². The van der Waals surface area contributed by atoms with Crippen molar-refractivity contribution < 1.29 is 32.9 Å². The lowest BCUT2D eigenvalue weighted by molar-refractivity contribution is -0.0947. The molecule has 0 aromatic heterocycles. The number of carbonyl (C=O) groups is 1. The van der Waals surface area contributed by atoms with Crippen molar-refractivity contribution in [3.63, 3.8) is 0 Å². The fraction of sp³-hybridized carbons (Fsp3) is 0.375. The molecule has 5 nitrogen and oxygen atoms in total. The van der Waals surface area contributed by atoms with Crippen molar-refractivity contribution in [2.75, 3.05) is 13.7 Å². The molecule has 16 heavy (non-hydrogen) atoms. The van der Waals surface area contributed by atoms with Crippen LogP contribution in [0.2, 0.25) is 0 Å². The van der Waals surface area contributed by atoms with Gasteiger partial charge in [0.2, 0.25) is 0 Å². The minimum absolute atomic E-state index is 0.376. The molecule has 0 atom stereocenters. The fourth-order valence-corrected chi connectivity index (χ4v) is 1.10. The molecular weight excluding hydrogens is 231 g/mol. The summed E-state index contributed by atoms with van der Waals surface area (Å²) in [5.41, 5.74) is -1.50. The molecule has 0 fully saturated rings. The molecule has 2 N–H and O–H groups in total. The lowest BCUT2D eigenvalue weighted by Crippen LogP contribution is -2.34. The number of aliphatic hydroxyl groups is 2. The second kappa shape index (κ2) is 3.95. The number of aliphatic hydroxyl groups excluding tert-OH is 2. The molecule has 0 aromatic carbocycles. The highest BCUT2D eigenvalue weighted by atomic mass is 19.4. The van der Waals surface area contributed by atoms with Gasteiger partial charge in [-0.1, -0.05) is 0 Å². The number of amides is 1. The number of rotatable bonds is 0. The Morgan fingerprint density at radius 3 is 2.50 bits per heavy atom. The van der Waals surface area contributed by atoms with E-state index in [0.29, 0.717) is 11.1 Å². The average Bonchev–Trinajstić information content (AvgIpc) is 2.18. The number of methoxy groups -OCH3 is 1. The number of nitrogens with zero attached hydrogens (tertiary/aromatic N) is 1. The van der Waals surface area contributed by atoms with Gasteiger partial charge >= 0.3 is 12.3 Å². The molecule has 0 saturated carbocycles. The molecule has 1 heterocycles. The summed E-state index contributed by atoms with van der Waals surface area (Å²) in [7, 11) is 0.985. The molecule has 0 radical (unpaired) electrons. The first-order valence-electron chi connectivity index (χ1n) is 4.02. The van der Waals surface area contributed by atoms with Crippen LogP contribution < -0.4 is 0 Å². The number of hydrogen-bond acceptors (Lipinski definition) is 4. The summed E-state index contributed by atoms with van der Waals surface area (Å²) in [6, 6.07) is 0. The summed E-state index contributed by atoms with van der Waals surface area (Å²) < 4.78 is 41.3. The van der Waals surface area contributed by atoms with E-state index >= 15 is 0 Å². The lowest BCUT2D eigenvalue weighted by atomic mass is 10.1. The third-order valence-electron chi connectivity index (χ3n) is 1.85. The van der Waals surface area contributed by atoms with E-state index in [2.05, 4.69) is 4.74 Å². The Morgan fingerprint density at radius 1 is 1.50 bits per heavy atom. The standard InChI is InChI=1S/C8H8F3NO4/c1-16-7(15)12-2-4(8(9,10)11)6(14)5(13)3-12/h2,13-14H,3H2,1H3. The van der Waals surface area contributed by atoms with Crippen molar-refractivity contribution in [2.24, 2.45) is 0 Å². The monoisotopic (exact) mass is 239 g/mol. The molecule has 1 amide bonds. The molecule has 90 valence electrons. The van der Waals surface area contributed by atoms with Crippen molar-refractivity contribution in [2.45, 2.75) is 6.18 Å². The molecule has 0 saturated heterocycles. The van der Waals surface area contributed by atoms with Gasteiger partial charge in [0, 0.05) is 6.20 Å². The second-order valence-corrected chi connectivity index (χ2v) is 2.93. The van der Waals surface area contributed by atoms with Gasteiger partial charge in [-0.3, -0.25) is 4.90 Å². The van der Waals surface area contributed by atoms with Crippen molar-refractivity contribution in [3.8, 4) is 0 Å². The minimum atomic E-state index is -4.87. The van der Waals surface area contributed by atoms with Gasteiger partial charge in [0.1, 0.15) is 5.57 Å². The summed E-state index contributed by atoms with van der Waals surface area (Å²) in [5, 5.41) is 18.1. The van der Waals surface area contributed by atoms with Crippen molar-refractivity contribution in [1.29, 1.82) is 0 Å². The maximum atomic E-state index is 12.4. The van der Waals surface area contributed by atoms with E-state index in [1.807, 2.05) is 0 Å². The third-order valence-corrected chi connectivity index (χ3v) is 1.85. The SMILES string of the molecule is COC(=O)N1C=C(C(F)(F)F)C(O)=C(O)C1. The predicted molar refractivity (Wildman–Crippen MR) is 45.5 cm³/mol. The second-order valence-electron chi connectivity index (χ2n) is 2.93. The Hall–Kier alpha value is -1.86. The maximum absolute atomic E-state index is 12.4. The first-order chi connectivity index (χ1) is 7.27. The van der Waals surface area contributed by atoms with Crippen LogP contribution >= 0.6 is 0 Å². The van der Waals surface area contributed by atoms with E-state index in [1.165, 1.54) is 0 Å². The Kier molecular flexibility index (Phi) is 3.02. The molecule has 0 unspecified atom stereocenters. The predicted octanol–water partition coefficient (Wildman–Crippen LogP) is 1.84. The van der Waals surface area contributed by atoms with Gasteiger partial charge in [0.15, 0.2) is 11.5 Å². The Bertz CT molecular complexity index is 372. The quantitative estimate of drug-likeness (QED) is 0.676. The third kappa shape index (κ3) is 2.20. The number of carbonyl (C=O) groups excluding carboxylic acids is 1.